The van der Waals surface area contributed by atoms with Gasteiger partial charge >= 0.3 is 0 Å². The van der Waals surface area contributed by atoms with Crippen molar-refractivity contribution in [1.29, 1.82) is 0 Å². The highest BCUT2D eigenvalue weighted by molar-refractivity contribution is 7.92. The highest BCUT2D eigenvalue weighted by Crippen LogP contribution is 2.31. The number of halogens is 1. The van der Waals surface area contributed by atoms with Crippen LogP contribution < -0.4 is 24.8 Å². The number of amides is 1. The van der Waals surface area contributed by atoms with Gasteiger partial charge in [0.15, 0.2) is 5.75 Å². The van der Waals surface area contributed by atoms with E-state index in [1.807, 2.05) is 12.1 Å². The summed E-state index contributed by atoms with van der Waals surface area (Å²) in [6, 6.07) is 21.9. The van der Waals surface area contributed by atoms with Crippen LogP contribution in [0.15, 0.2) is 90.0 Å². The van der Waals surface area contributed by atoms with Crippen molar-refractivity contribution in [3.05, 3.63) is 96.4 Å². The van der Waals surface area contributed by atoms with Gasteiger partial charge in [0.05, 0.1) is 19.9 Å². The normalized spacial score (nSPS) is 11.4. The number of ether oxygens (including phenoxy) is 2. The van der Waals surface area contributed by atoms with Gasteiger partial charge in [0.1, 0.15) is 28.6 Å². The van der Waals surface area contributed by atoms with Gasteiger partial charge in [-0.05, 0) is 60.7 Å². The number of hydrogen-bond acceptors (Lipinski definition) is 7. The molecule has 1 atom stereocenters. The SMILES string of the molecule is COc1cccc(C(=O)NCCNc2cccc(N[S+]([O-])c3cc(-c4ncccc4F)ccc3OC)c2)c1. The lowest BCUT2D eigenvalue weighted by atomic mass is 10.1. The van der Waals surface area contributed by atoms with Crippen LogP contribution in [0.5, 0.6) is 11.5 Å². The van der Waals surface area contributed by atoms with Crippen molar-refractivity contribution in [3.8, 4) is 22.8 Å². The van der Waals surface area contributed by atoms with Crippen LogP contribution in [-0.2, 0) is 11.4 Å². The second-order valence-electron chi connectivity index (χ2n) is 8.07. The molecule has 0 aliphatic carbocycles. The highest BCUT2D eigenvalue weighted by Gasteiger charge is 2.21. The third-order valence-corrected chi connectivity index (χ3v) is 6.68. The van der Waals surface area contributed by atoms with E-state index in [0.29, 0.717) is 46.3 Å². The molecule has 0 saturated heterocycles. The average Bonchev–Trinajstić information content (AvgIpc) is 2.95. The third kappa shape index (κ3) is 6.72. The quantitative estimate of drug-likeness (QED) is 0.186. The number of hydrogen-bond donors (Lipinski definition) is 3. The van der Waals surface area contributed by atoms with Crippen LogP contribution >= 0.6 is 0 Å². The summed E-state index contributed by atoms with van der Waals surface area (Å²) in [7, 11) is 3.03. The number of anilines is 2. The third-order valence-electron chi connectivity index (χ3n) is 5.54. The van der Waals surface area contributed by atoms with Crippen LogP contribution in [0.2, 0.25) is 0 Å². The van der Waals surface area contributed by atoms with E-state index in [1.54, 1.807) is 61.7 Å². The van der Waals surface area contributed by atoms with E-state index in [1.165, 1.54) is 25.4 Å². The molecule has 10 heteroatoms. The van der Waals surface area contributed by atoms with E-state index >= 15 is 0 Å². The van der Waals surface area contributed by atoms with Crippen molar-refractivity contribution in [2.45, 2.75) is 4.90 Å². The Morgan fingerprint density at radius 3 is 2.55 bits per heavy atom. The molecule has 1 aromatic heterocycles. The van der Waals surface area contributed by atoms with Crippen LogP contribution in [0.4, 0.5) is 15.8 Å². The first-order valence-electron chi connectivity index (χ1n) is 11.7. The smallest absolute Gasteiger partial charge is 0.251 e. The molecule has 1 heterocycles. The summed E-state index contributed by atoms with van der Waals surface area (Å²) in [5.41, 5.74) is 2.55. The lowest BCUT2D eigenvalue weighted by Crippen LogP contribution is -2.28. The lowest BCUT2D eigenvalue weighted by molar-refractivity contribution is 0.0955. The summed E-state index contributed by atoms with van der Waals surface area (Å²) in [6.45, 7) is 0.876. The first-order valence-corrected chi connectivity index (χ1v) is 12.9. The Balaban J connectivity index is 1.37. The van der Waals surface area contributed by atoms with Crippen molar-refractivity contribution >= 4 is 28.6 Å². The molecule has 1 amide bonds. The molecule has 0 aliphatic heterocycles. The van der Waals surface area contributed by atoms with Gasteiger partial charge in [-0.15, -0.1) is 0 Å². The molecule has 38 heavy (non-hydrogen) atoms. The summed E-state index contributed by atoms with van der Waals surface area (Å²) in [6.07, 6.45) is 1.50. The van der Waals surface area contributed by atoms with Gasteiger partial charge in [-0.3, -0.25) is 9.78 Å². The predicted octanol–water partition coefficient (Wildman–Crippen LogP) is 4.88. The number of nitrogens with zero attached hydrogens (tertiary/aromatic N) is 1. The van der Waals surface area contributed by atoms with Gasteiger partial charge in [-0.2, -0.15) is 0 Å². The molecule has 0 bridgehead atoms. The fourth-order valence-electron chi connectivity index (χ4n) is 3.67. The number of aromatic nitrogens is 1. The highest BCUT2D eigenvalue weighted by atomic mass is 32.2. The second kappa shape index (κ2) is 12.8. The zero-order chi connectivity index (χ0) is 26.9. The maximum absolute atomic E-state index is 14.3. The van der Waals surface area contributed by atoms with Crippen LogP contribution in [0.3, 0.4) is 0 Å². The minimum Gasteiger partial charge on any atom is -0.588 e. The van der Waals surface area contributed by atoms with Crippen molar-refractivity contribution in [2.75, 3.05) is 37.3 Å². The van der Waals surface area contributed by atoms with Gasteiger partial charge < -0.3 is 24.7 Å². The van der Waals surface area contributed by atoms with E-state index in [0.717, 1.165) is 5.69 Å². The maximum Gasteiger partial charge on any atom is 0.251 e. The van der Waals surface area contributed by atoms with Crippen molar-refractivity contribution in [2.24, 2.45) is 0 Å². The number of carbonyl (C=O) groups excluding carboxylic acids is 1. The topological polar surface area (TPSA) is 108 Å². The van der Waals surface area contributed by atoms with Gasteiger partial charge in [-0.1, -0.05) is 12.1 Å². The second-order valence-corrected chi connectivity index (χ2v) is 9.25. The predicted molar refractivity (Wildman–Crippen MR) is 146 cm³/mol. The number of nitrogens with one attached hydrogen (secondary N) is 3. The van der Waals surface area contributed by atoms with Crippen molar-refractivity contribution < 1.29 is 23.2 Å². The molecule has 0 aliphatic rings. The minimum absolute atomic E-state index is 0.165. The van der Waals surface area contributed by atoms with Gasteiger partial charge in [0.2, 0.25) is 4.90 Å². The van der Waals surface area contributed by atoms with Gasteiger partial charge in [0, 0.05) is 42.2 Å². The summed E-state index contributed by atoms with van der Waals surface area (Å²) in [4.78, 5) is 16.8. The summed E-state index contributed by atoms with van der Waals surface area (Å²) in [5.74, 6) is 0.349. The van der Waals surface area contributed by atoms with Crippen LogP contribution in [-0.4, -0.2) is 42.8 Å². The Hall–Kier alpha value is -4.28. The van der Waals surface area contributed by atoms with Crippen LogP contribution in [0, 0.1) is 5.82 Å². The number of rotatable bonds is 11. The molecular weight excluding hydrogens is 507 g/mol. The first kappa shape index (κ1) is 26.8. The Kier molecular flexibility index (Phi) is 9.02. The molecular formula is C28H27FN4O4S. The monoisotopic (exact) mass is 534 g/mol. The number of benzene rings is 3. The molecule has 4 aromatic rings. The fourth-order valence-corrected chi connectivity index (χ4v) is 4.69. The first-order chi connectivity index (χ1) is 18.5. The molecule has 0 fully saturated rings. The lowest BCUT2D eigenvalue weighted by Gasteiger charge is -2.16. The van der Waals surface area contributed by atoms with Gasteiger partial charge in [-0.25, -0.2) is 9.11 Å². The zero-order valence-corrected chi connectivity index (χ0v) is 21.7. The molecule has 3 aromatic carbocycles. The molecule has 0 radical (unpaired) electrons. The van der Waals surface area contributed by atoms with E-state index in [9.17, 15) is 13.7 Å². The summed E-state index contributed by atoms with van der Waals surface area (Å²) in [5, 5.41) is 6.09. The standard InChI is InChI=1S/C28H27FN4O4S/c1-36-23-9-3-6-20(16-23)28(34)32-15-14-30-21-7-4-8-22(18-21)33-38(35)26-17-19(11-12-25(26)37-2)27-24(29)10-5-13-31-27/h3-13,16-18,30,33H,14-15H2,1-2H3,(H,32,34). The minimum atomic E-state index is -1.70. The van der Waals surface area contributed by atoms with E-state index in [-0.39, 0.29) is 11.6 Å². The molecule has 0 spiro atoms. The molecule has 4 rings (SSSR count). The summed E-state index contributed by atoms with van der Waals surface area (Å²) < 4.78 is 41.0. The van der Waals surface area contributed by atoms with Crippen molar-refractivity contribution in [1.82, 2.24) is 10.3 Å². The molecule has 1 unspecified atom stereocenters. The summed E-state index contributed by atoms with van der Waals surface area (Å²) >= 11 is -1.70. The number of pyridine rings is 1. The van der Waals surface area contributed by atoms with Crippen LogP contribution in [0.1, 0.15) is 10.4 Å². The molecule has 8 nitrogen and oxygen atoms in total. The van der Waals surface area contributed by atoms with Crippen molar-refractivity contribution in [3.63, 3.8) is 0 Å². The Morgan fingerprint density at radius 2 is 1.76 bits per heavy atom. The largest absolute Gasteiger partial charge is 0.588 e. The Labute approximate surface area is 223 Å². The molecule has 0 saturated carbocycles. The zero-order valence-electron chi connectivity index (χ0n) is 20.9. The number of carbonyl (C=O) groups is 1. The van der Waals surface area contributed by atoms with E-state index in [4.69, 9.17) is 9.47 Å². The maximum atomic E-state index is 14.3. The Bertz CT molecular complexity index is 1400. The molecule has 3 N–H and O–H groups in total. The van der Waals surface area contributed by atoms with Gasteiger partial charge in [0.25, 0.3) is 5.91 Å². The van der Waals surface area contributed by atoms with Crippen LogP contribution in [0.25, 0.3) is 11.3 Å². The number of methoxy groups -OCH3 is 2. The molecule has 196 valence electrons. The fraction of sp³-hybridized carbons (Fsp3) is 0.143. The Morgan fingerprint density at radius 1 is 0.947 bits per heavy atom. The van der Waals surface area contributed by atoms with E-state index < -0.39 is 17.2 Å². The van der Waals surface area contributed by atoms with E-state index in [2.05, 4.69) is 20.3 Å². The average molecular weight is 535 g/mol.